The first-order valence-corrected chi connectivity index (χ1v) is 13.2. The Bertz CT molecular complexity index is 1240. The maximum absolute atomic E-state index is 13.4. The Kier molecular flexibility index (Phi) is 5.00. The molecule has 4 aliphatic carbocycles. The third kappa shape index (κ3) is 3.47. The maximum atomic E-state index is 13.4. The first-order chi connectivity index (χ1) is 15.8. The number of amides is 1. The summed E-state index contributed by atoms with van der Waals surface area (Å²) in [6.07, 6.45) is 4.58. The molecule has 1 aromatic carbocycles. The van der Waals surface area contributed by atoms with Crippen molar-refractivity contribution in [2.75, 3.05) is 6.54 Å². The van der Waals surface area contributed by atoms with Crippen molar-refractivity contribution < 1.29 is 4.79 Å². The van der Waals surface area contributed by atoms with Gasteiger partial charge in [0, 0.05) is 18.5 Å². The van der Waals surface area contributed by atoms with E-state index in [1.165, 1.54) is 36.0 Å². The Labute approximate surface area is 204 Å². The molecule has 3 atom stereocenters. The molecule has 0 saturated heterocycles. The summed E-state index contributed by atoms with van der Waals surface area (Å²) in [5.41, 5.74) is 6.74. The van der Waals surface area contributed by atoms with Crippen LogP contribution in [0.3, 0.4) is 0 Å². The van der Waals surface area contributed by atoms with Crippen molar-refractivity contribution in [1.82, 2.24) is 15.1 Å². The number of thiophene rings is 1. The summed E-state index contributed by atoms with van der Waals surface area (Å²) < 4.78 is 2.80. The number of carbonyl (C=O) groups excluding carboxylic acids is 1. The molecule has 2 bridgehead atoms. The molecule has 1 amide bonds. The predicted octanol–water partition coefficient (Wildman–Crippen LogP) is 6.33. The van der Waals surface area contributed by atoms with Crippen molar-refractivity contribution in [2.45, 2.75) is 53.0 Å². The molecule has 172 valence electrons. The van der Waals surface area contributed by atoms with Crippen LogP contribution in [0.15, 0.2) is 30.3 Å². The molecule has 3 fully saturated rings. The van der Waals surface area contributed by atoms with Gasteiger partial charge >= 0.3 is 0 Å². The maximum Gasteiger partial charge on any atom is 0.272 e. The average Bonchev–Trinajstić information content (AvgIpc) is 3.43. The highest BCUT2D eigenvalue weighted by Crippen LogP contribution is 2.61. The summed E-state index contributed by atoms with van der Waals surface area (Å²) >= 11 is 7.92. The quantitative estimate of drug-likeness (QED) is 0.363. The van der Waals surface area contributed by atoms with E-state index in [0.717, 1.165) is 45.3 Å². The van der Waals surface area contributed by atoms with Crippen molar-refractivity contribution in [3.05, 3.63) is 62.6 Å². The molecule has 3 unspecified atom stereocenters. The molecule has 6 heteroatoms. The van der Waals surface area contributed by atoms with E-state index in [9.17, 15) is 4.79 Å². The molecule has 2 heterocycles. The number of carbonyl (C=O) groups is 1. The van der Waals surface area contributed by atoms with Crippen molar-refractivity contribution in [3.63, 3.8) is 0 Å². The fourth-order valence-corrected chi connectivity index (χ4v) is 7.86. The smallest absolute Gasteiger partial charge is 0.272 e. The SMILES string of the molecule is Cc1ccc(Cn2nc(C(=O)NCC3CCC4CC3C4(C)C)c3c2-c2sc(Cl)cc2C3)cc1. The van der Waals surface area contributed by atoms with Crippen LogP contribution in [0.25, 0.3) is 10.6 Å². The minimum Gasteiger partial charge on any atom is -0.350 e. The highest BCUT2D eigenvalue weighted by atomic mass is 35.5. The summed E-state index contributed by atoms with van der Waals surface area (Å²) in [6.45, 7) is 8.30. The van der Waals surface area contributed by atoms with Gasteiger partial charge in [0.1, 0.15) is 0 Å². The van der Waals surface area contributed by atoms with E-state index in [1.807, 2.05) is 10.7 Å². The van der Waals surface area contributed by atoms with Gasteiger partial charge in [-0.25, -0.2) is 0 Å². The lowest BCUT2D eigenvalue weighted by molar-refractivity contribution is -0.103. The van der Waals surface area contributed by atoms with Crippen LogP contribution >= 0.6 is 22.9 Å². The van der Waals surface area contributed by atoms with Gasteiger partial charge in [-0.05, 0) is 66.5 Å². The number of hydrogen-bond donors (Lipinski definition) is 1. The van der Waals surface area contributed by atoms with Crippen LogP contribution in [0.5, 0.6) is 0 Å². The Hall–Kier alpha value is -2.11. The van der Waals surface area contributed by atoms with Crippen molar-refractivity contribution in [3.8, 4) is 10.6 Å². The number of fused-ring (bicyclic) bond motifs is 5. The molecule has 7 rings (SSSR count). The number of hydrogen-bond acceptors (Lipinski definition) is 3. The molecule has 33 heavy (non-hydrogen) atoms. The van der Waals surface area contributed by atoms with Gasteiger partial charge in [0.2, 0.25) is 0 Å². The first-order valence-electron chi connectivity index (χ1n) is 12.0. The largest absolute Gasteiger partial charge is 0.350 e. The summed E-state index contributed by atoms with van der Waals surface area (Å²) in [6, 6.07) is 10.6. The van der Waals surface area contributed by atoms with Crippen LogP contribution in [-0.2, 0) is 13.0 Å². The van der Waals surface area contributed by atoms with Crippen LogP contribution in [0.2, 0.25) is 4.34 Å². The molecule has 0 aliphatic heterocycles. The first kappa shape index (κ1) is 21.4. The second-order valence-electron chi connectivity index (χ2n) is 10.8. The van der Waals surface area contributed by atoms with E-state index in [1.54, 1.807) is 11.3 Å². The predicted molar refractivity (Wildman–Crippen MR) is 134 cm³/mol. The highest BCUT2D eigenvalue weighted by molar-refractivity contribution is 7.19. The van der Waals surface area contributed by atoms with E-state index >= 15 is 0 Å². The molecular formula is C27H30ClN3OS. The number of nitrogens with zero attached hydrogens (tertiary/aromatic N) is 2. The van der Waals surface area contributed by atoms with Gasteiger partial charge < -0.3 is 5.32 Å². The molecule has 2 aromatic heterocycles. The van der Waals surface area contributed by atoms with Gasteiger partial charge in [0.15, 0.2) is 5.69 Å². The van der Waals surface area contributed by atoms with Gasteiger partial charge in [0.25, 0.3) is 5.91 Å². The van der Waals surface area contributed by atoms with E-state index in [-0.39, 0.29) is 5.91 Å². The number of rotatable bonds is 5. The van der Waals surface area contributed by atoms with Crippen molar-refractivity contribution in [2.24, 2.45) is 23.2 Å². The summed E-state index contributed by atoms with van der Waals surface area (Å²) in [4.78, 5) is 14.5. The number of benzene rings is 1. The van der Waals surface area contributed by atoms with E-state index in [4.69, 9.17) is 16.7 Å². The minimum absolute atomic E-state index is 0.0330. The Morgan fingerprint density at radius 1 is 1.27 bits per heavy atom. The Morgan fingerprint density at radius 2 is 2.06 bits per heavy atom. The monoisotopic (exact) mass is 479 g/mol. The van der Waals surface area contributed by atoms with Gasteiger partial charge in [-0.2, -0.15) is 5.10 Å². The molecule has 3 aromatic rings. The number of halogens is 1. The molecule has 0 radical (unpaired) electrons. The zero-order valence-corrected chi connectivity index (χ0v) is 21.0. The van der Waals surface area contributed by atoms with E-state index < -0.39 is 0 Å². The number of aromatic nitrogens is 2. The molecule has 4 aliphatic rings. The molecule has 0 spiro atoms. The van der Waals surface area contributed by atoms with Crippen LogP contribution in [0.4, 0.5) is 0 Å². The van der Waals surface area contributed by atoms with E-state index in [0.29, 0.717) is 23.6 Å². The fourth-order valence-electron chi connectivity index (χ4n) is 6.52. The average molecular weight is 480 g/mol. The molecule has 1 N–H and O–H groups in total. The van der Waals surface area contributed by atoms with Gasteiger partial charge in [-0.1, -0.05) is 55.3 Å². The lowest BCUT2D eigenvalue weighted by Crippen LogP contribution is -2.54. The topological polar surface area (TPSA) is 46.9 Å². The third-order valence-electron chi connectivity index (χ3n) is 8.61. The lowest BCUT2D eigenvalue weighted by atomic mass is 9.45. The van der Waals surface area contributed by atoms with Crippen molar-refractivity contribution >= 4 is 28.8 Å². The van der Waals surface area contributed by atoms with E-state index in [2.05, 4.69) is 50.4 Å². The summed E-state index contributed by atoms with van der Waals surface area (Å²) in [5.74, 6) is 2.16. The Balaban J connectivity index is 1.27. The Morgan fingerprint density at radius 3 is 2.79 bits per heavy atom. The highest BCUT2D eigenvalue weighted by Gasteiger charge is 2.54. The lowest BCUT2D eigenvalue weighted by Gasteiger charge is -2.60. The van der Waals surface area contributed by atoms with Gasteiger partial charge in [0.05, 0.1) is 21.5 Å². The summed E-state index contributed by atoms with van der Waals surface area (Å²) in [7, 11) is 0. The van der Waals surface area contributed by atoms with Crippen LogP contribution in [0.1, 0.15) is 65.9 Å². The number of nitrogens with one attached hydrogen (secondary N) is 1. The molecule has 3 saturated carbocycles. The zero-order valence-electron chi connectivity index (χ0n) is 19.5. The second kappa shape index (κ2) is 7.71. The standard InChI is InChI=1S/C27H30ClN3OS/c1-15-4-6-16(7-5-15)14-31-24-20(10-18-11-22(28)33-25(18)24)23(30-31)26(32)29-13-17-8-9-19-12-21(17)27(19,2)3/h4-7,11,17,19,21H,8-10,12-14H2,1-3H3,(H,29,32). The van der Waals surface area contributed by atoms with Gasteiger partial charge in [-0.15, -0.1) is 11.3 Å². The van der Waals surface area contributed by atoms with Gasteiger partial charge in [-0.3, -0.25) is 9.48 Å². The van der Waals surface area contributed by atoms with Crippen LogP contribution < -0.4 is 5.32 Å². The third-order valence-corrected chi connectivity index (χ3v) is 9.92. The van der Waals surface area contributed by atoms with Crippen molar-refractivity contribution in [1.29, 1.82) is 0 Å². The normalized spacial score (nSPS) is 24.2. The molecule has 4 nitrogen and oxygen atoms in total. The summed E-state index contributed by atoms with van der Waals surface area (Å²) in [5, 5.41) is 8.12. The fraction of sp³-hybridized carbons (Fsp3) is 0.481. The number of aryl methyl sites for hydroxylation is 1. The zero-order chi connectivity index (χ0) is 22.9. The molecular weight excluding hydrogens is 450 g/mol. The van der Waals surface area contributed by atoms with Crippen LogP contribution in [-0.4, -0.2) is 22.2 Å². The second-order valence-corrected chi connectivity index (χ2v) is 12.5. The van der Waals surface area contributed by atoms with Crippen LogP contribution in [0, 0.1) is 30.1 Å². The minimum atomic E-state index is -0.0330.